The Labute approximate surface area is 176 Å². The van der Waals surface area contributed by atoms with Crippen LogP contribution >= 0.6 is 23.8 Å². The highest BCUT2D eigenvalue weighted by Crippen LogP contribution is 2.34. The first-order valence-electron chi connectivity index (χ1n) is 9.35. The Morgan fingerprint density at radius 2 is 2.00 bits per heavy atom. The molecule has 28 heavy (non-hydrogen) atoms. The van der Waals surface area contributed by atoms with E-state index in [1.54, 1.807) is 0 Å². The van der Waals surface area contributed by atoms with Gasteiger partial charge in [0.15, 0.2) is 6.10 Å². The van der Waals surface area contributed by atoms with Gasteiger partial charge in [-0.15, -0.1) is 0 Å². The van der Waals surface area contributed by atoms with Crippen LogP contribution in [0.2, 0.25) is 5.02 Å². The van der Waals surface area contributed by atoms with Crippen molar-refractivity contribution in [3.8, 4) is 5.75 Å². The average Bonchev–Trinajstić information content (AvgIpc) is 2.68. The Balaban J connectivity index is 1.80. The molecule has 0 spiro atoms. The van der Waals surface area contributed by atoms with Crippen LogP contribution in [0.3, 0.4) is 0 Å². The van der Waals surface area contributed by atoms with Crippen molar-refractivity contribution < 1.29 is 4.74 Å². The van der Waals surface area contributed by atoms with Crippen molar-refractivity contribution in [1.29, 1.82) is 0 Å². The minimum atomic E-state index is -0.258. The lowest BCUT2D eigenvalue weighted by Gasteiger charge is -2.28. The van der Waals surface area contributed by atoms with Gasteiger partial charge < -0.3 is 21.5 Å². The monoisotopic (exact) mass is 416 g/mol. The zero-order valence-electron chi connectivity index (χ0n) is 16.0. The topological polar surface area (TPSA) is 85.7 Å². The van der Waals surface area contributed by atoms with Gasteiger partial charge in [-0.1, -0.05) is 55.4 Å². The third-order valence-corrected chi connectivity index (χ3v) is 5.40. The minimum absolute atomic E-state index is 0.0176. The van der Waals surface area contributed by atoms with E-state index in [-0.39, 0.29) is 18.2 Å². The Kier molecular flexibility index (Phi) is 6.54. The molecule has 5 nitrogen and oxygen atoms in total. The molecule has 0 fully saturated rings. The van der Waals surface area contributed by atoms with Gasteiger partial charge in [0.25, 0.3) is 0 Å². The van der Waals surface area contributed by atoms with Gasteiger partial charge in [-0.3, -0.25) is 0 Å². The standard InChI is InChI=1S/C21H25ClN4OS/c1-3-4-16(26-21(28)13-5-8-15(22)9-6-13)19(23)14-7-10-18-17(11-14)25-20(24)12(2)27-18/h5-12,16,19H,3-4,23H2,1-2H3,(H2,24,25)(H,26,28). The van der Waals surface area contributed by atoms with Crippen molar-refractivity contribution >= 4 is 40.3 Å². The number of fused-ring (bicyclic) bond motifs is 1. The van der Waals surface area contributed by atoms with Crippen molar-refractivity contribution in [2.24, 2.45) is 16.5 Å². The molecule has 3 atom stereocenters. The highest BCUT2D eigenvalue weighted by atomic mass is 35.5. The molecule has 0 bridgehead atoms. The average molecular weight is 417 g/mol. The van der Waals surface area contributed by atoms with Gasteiger partial charge in [-0.05, 0) is 43.2 Å². The first kappa shape index (κ1) is 20.6. The van der Waals surface area contributed by atoms with Crippen LogP contribution in [0, 0.1) is 0 Å². The van der Waals surface area contributed by atoms with E-state index in [0.29, 0.717) is 27.3 Å². The Bertz CT molecular complexity index is 884. The fourth-order valence-electron chi connectivity index (χ4n) is 3.15. The molecule has 0 aliphatic carbocycles. The van der Waals surface area contributed by atoms with Crippen LogP contribution in [0.5, 0.6) is 5.75 Å². The number of benzene rings is 2. The van der Waals surface area contributed by atoms with E-state index in [0.717, 1.165) is 24.0 Å². The summed E-state index contributed by atoms with van der Waals surface area (Å²) in [6.07, 6.45) is 1.63. The summed E-state index contributed by atoms with van der Waals surface area (Å²) >= 11 is 11.5. The second kappa shape index (κ2) is 8.90. The number of nitrogens with zero attached hydrogens (tertiary/aromatic N) is 1. The lowest BCUT2D eigenvalue weighted by atomic mass is 9.95. The molecule has 2 aromatic rings. The second-order valence-electron chi connectivity index (χ2n) is 6.93. The van der Waals surface area contributed by atoms with Crippen LogP contribution in [0.25, 0.3) is 0 Å². The van der Waals surface area contributed by atoms with Gasteiger partial charge in [0.2, 0.25) is 0 Å². The van der Waals surface area contributed by atoms with Crippen molar-refractivity contribution in [3.05, 3.63) is 58.6 Å². The van der Waals surface area contributed by atoms with Gasteiger partial charge in [0.1, 0.15) is 22.3 Å². The summed E-state index contributed by atoms with van der Waals surface area (Å²) < 4.78 is 5.77. The first-order chi connectivity index (χ1) is 13.4. The molecule has 0 aromatic heterocycles. The number of aliphatic imine (C=N–C) groups is 1. The summed E-state index contributed by atoms with van der Waals surface area (Å²) in [6, 6.07) is 13.0. The molecular weight excluding hydrogens is 392 g/mol. The van der Waals surface area contributed by atoms with E-state index < -0.39 is 0 Å². The Morgan fingerprint density at radius 3 is 2.68 bits per heavy atom. The van der Waals surface area contributed by atoms with Gasteiger partial charge in [0.05, 0.1) is 6.04 Å². The third kappa shape index (κ3) is 4.63. The van der Waals surface area contributed by atoms with Crippen molar-refractivity contribution in [3.63, 3.8) is 0 Å². The van der Waals surface area contributed by atoms with Crippen molar-refractivity contribution in [1.82, 2.24) is 5.32 Å². The third-order valence-electron chi connectivity index (χ3n) is 4.79. The fraction of sp³-hybridized carbons (Fsp3) is 0.333. The quantitative estimate of drug-likeness (QED) is 0.613. The minimum Gasteiger partial charge on any atom is -0.481 e. The summed E-state index contributed by atoms with van der Waals surface area (Å²) in [5.41, 5.74) is 15.1. The molecule has 0 radical (unpaired) electrons. The van der Waals surface area contributed by atoms with E-state index in [9.17, 15) is 0 Å². The zero-order valence-corrected chi connectivity index (χ0v) is 17.6. The molecule has 5 N–H and O–H groups in total. The Hall–Kier alpha value is -2.15. The van der Waals surface area contributed by atoms with Crippen molar-refractivity contribution in [2.45, 2.75) is 44.9 Å². The van der Waals surface area contributed by atoms with Gasteiger partial charge in [-0.2, -0.15) is 0 Å². The summed E-state index contributed by atoms with van der Waals surface area (Å²) in [6.45, 7) is 4.00. The predicted molar refractivity (Wildman–Crippen MR) is 120 cm³/mol. The number of nitrogens with one attached hydrogen (secondary N) is 1. The fourth-order valence-corrected chi connectivity index (χ4v) is 3.56. The molecule has 2 aromatic carbocycles. The lowest BCUT2D eigenvalue weighted by Crippen LogP contribution is -2.42. The van der Waals surface area contributed by atoms with Gasteiger partial charge >= 0.3 is 0 Å². The van der Waals surface area contributed by atoms with E-state index in [1.165, 1.54) is 0 Å². The van der Waals surface area contributed by atoms with Crippen LogP contribution in [-0.2, 0) is 0 Å². The molecule has 3 rings (SSSR count). The number of thiocarbonyl (C=S) groups is 1. The number of rotatable bonds is 6. The number of amidine groups is 1. The van der Waals surface area contributed by atoms with Crippen LogP contribution in [-0.4, -0.2) is 23.0 Å². The highest BCUT2D eigenvalue weighted by molar-refractivity contribution is 7.80. The maximum absolute atomic E-state index is 6.61. The number of hydrogen-bond acceptors (Lipinski definition) is 5. The van der Waals surface area contributed by atoms with E-state index in [2.05, 4.69) is 17.2 Å². The van der Waals surface area contributed by atoms with Crippen LogP contribution < -0.4 is 21.5 Å². The van der Waals surface area contributed by atoms with Crippen LogP contribution in [0.4, 0.5) is 5.69 Å². The molecule has 7 heteroatoms. The molecule has 148 valence electrons. The summed E-state index contributed by atoms with van der Waals surface area (Å²) in [5.74, 6) is 1.18. The number of nitrogens with two attached hydrogens (primary N) is 2. The number of ether oxygens (including phenoxy) is 1. The molecule has 1 heterocycles. The number of halogens is 1. The molecule has 0 saturated heterocycles. The van der Waals surface area contributed by atoms with Crippen LogP contribution in [0.15, 0.2) is 47.5 Å². The normalized spacial score (nSPS) is 17.7. The Morgan fingerprint density at radius 1 is 1.29 bits per heavy atom. The van der Waals surface area contributed by atoms with E-state index in [1.807, 2.05) is 49.4 Å². The highest BCUT2D eigenvalue weighted by Gasteiger charge is 2.23. The van der Waals surface area contributed by atoms with E-state index >= 15 is 0 Å². The second-order valence-corrected chi connectivity index (χ2v) is 7.77. The molecule has 1 aliphatic rings. The predicted octanol–water partition coefficient (Wildman–Crippen LogP) is 4.24. The lowest BCUT2D eigenvalue weighted by molar-refractivity contribution is 0.281. The van der Waals surface area contributed by atoms with Gasteiger partial charge in [-0.25, -0.2) is 4.99 Å². The molecule has 0 saturated carbocycles. The molecule has 3 unspecified atom stereocenters. The summed E-state index contributed by atoms with van der Waals surface area (Å²) in [5, 5.41) is 4.10. The largest absolute Gasteiger partial charge is 0.481 e. The van der Waals surface area contributed by atoms with Crippen LogP contribution in [0.1, 0.15) is 43.9 Å². The smallest absolute Gasteiger partial charge is 0.153 e. The summed E-state index contributed by atoms with van der Waals surface area (Å²) in [7, 11) is 0. The molecule has 1 aliphatic heterocycles. The summed E-state index contributed by atoms with van der Waals surface area (Å²) in [4.78, 5) is 5.10. The number of hydrogen-bond donors (Lipinski definition) is 3. The maximum Gasteiger partial charge on any atom is 0.153 e. The maximum atomic E-state index is 6.61. The van der Waals surface area contributed by atoms with Crippen molar-refractivity contribution in [2.75, 3.05) is 0 Å². The zero-order chi connectivity index (χ0) is 20.3. The molecular formula is C21H25ClN4OS. The SMILES string of the molecule is CCCC(NC(=S)c1ccc(Cl)cc1)C(N)c1ccc2c(c1)N=C(N)C(C)O2. The van der Waals surface area contributed by atoms with Gasteiger partial charge in [0, 0.05) is 16.6 Å². The first-order valence-corrected chi connectivity index (χ1v) is 10.1. The molecule has 0 amide bonds. The van der Waals surface area contributed by atoms with E-state index in [4.69, 9.17) is 40.0 Å².